The Hall–Kier alpha value is -4.92. The topological polar surface area (TPSA) is 29.3 Å². The Morgan fingerprint density at radius 3 is 1.81 bits per heavy atom. The Labute approximate surface area is 286 Å². The highest BCUT2D eigenvalue weighted by Gasteiger charge is 2.45. The number of nitrogens with zero attached hydrogens (tertiary/aromatic N) is 1. The predicted octanol–water partition coefficient (Wildman–Crippen LogP) is 11.8. The number of anilines is 3. The Kier molecular flexibility index (Phi) is 7.89. The van der Waals surface area contributed by atoms with Crippen LogP contribution in [-0.4, -0.2) is 7.05 Å². The van der Waals surface area contributed by atoms with Crippen LogP contribution in [0.2, 0.25) is 0 Å². The van der Waals surface area contributed by atoms with E-state index < -0.39 is 0 Å². The summed E-state index contributed by atoms with van der Waals surface area (Å²) in [5.74, 6) is 0.211. The molecule has 0 bridgehead atoms. The molecule has 0 saturated heterocycles. The van der Waals surface area contributed by atoms with Gasteiger partial charge in [-0.25, -0.2) is 0 Å². The van der Waals surface area contributed by atoms with Crippen LogP contribution < -0.4 is 10.6 Å². The lowest BCUT2D eigenvalue weighted by molar-refractivity contribution is 0.596. The average Bonchev–Trinajstić information content (AvgIpc) is 3.12. The van der Waals surface area contributed by atoms with Crippen molar-refractivity contribution in [2.75, 3.05) is 11.9 Å². The SMILES string of the molecule is CN.Cc1cccc(-c2ccccc2-c2ccccc2C(C)c2ccc3c(c2)C(C)(C)c2cccc4c2N3c2ccccc2C4(C)C)c1. The molecule has 0 amide bonds. The van der Waals surface area contributed by atoms with E-state index in [0.29, 0.717) is 0 Å². The van der Waals surface area contributed by atoms with Crippen molar-refractivity contribution in [1.29, 1.82) is 0 Å². The molecule has 240 valence electrons. The zero-order valence-electron chi connectivity index (χ0n) is 29.3. The molecule has 0 fully saturated rings. The minimum absolute atomic E-state index is 0.0705. The van der Waals surface area contributed by atoms with Gasteiger partial charge in [-0.1, -0.05) is 162 Å². The van der Waals surface area contributed by atoms with Gasteiger partial charge in [-0.3, -0.25) is 0 Å². The van der Waals surface area contributed by atoms with E-state index in [0.717, 1.165) is 0 Å². The molecule has 0 aromatic heterocycles. The summed E-state index contributed by atoms with van der Waals surface area (Å²) in [4.78, 5) is 2.55. The van der Waals surface area contributed by atoms with Crippen LogP contribution in [0.25, 0.3) is 22.3 Å². The maximum Gasteiger partial charge on any atom is 0.0543 e. The minimum atomic E-state index is -0.146. The van der Waals surface area contributed by atoms with Crippen molar-refractivity contribution in [3.8, 4) is 22.3 Å². The Bertz CT molecular complexity index is 2150. The molecule has 0 aliphatic carbocycles. The number of aryl methyl sites for hydroxylation is 1. The highest BCUT2D eigenvalue weighted by molar-refractivity contribution is 5.93. The van der Waals surface area contributed by atoms with Gasteiger partial charge in [0.15, 0.2) is 0 Å². The summed E-state index contributed by atoms with van der Waals surface area (Å²) in [6.45, 7) is 14.1. The molecule has 0 spiro atoms. The lowest BCUT2D eigenvalue weighted by Crippen LogP contribution is -2.38. The van der Waals surface area contributed by atoms with E-state index in [9.17, 15) is 0 Å². The van der Waals surface area contributed by atoms with Crippen LogP contribution in [0.3, 0.4) is 0 Å². The van der Waals surface area contributed by atoms with Crippen molar-refractivity contribution < 1.29 is 0 Å². The zero-order chi connectivity index (χ0) is 33.8. The van der Waals surface area contributed by atoms with Crippen LogP contribution in [0.5, 0.6) is 0 Å². The first kappa shape index (κ1) is 31.7. The summed E-state index contributed by atoms with van der Waals surface area (Å²) in [6.07, 6.45) is 0. The summed E-state index contributed by atoms with van der Waals surface area (Å²) in [5.41, 5.74) is 22.9. The third kappa shape index (κ3) is 4.81. The van der Waals surface area contributed by atoms with Crippen LogP contribution in [0.1, 0.15) is 79.5 Å². The number of benzene rings is 6. The number of fused-ring (bicyclic) bond motifs is 4. The fourth-order valence-corrected chi connectivity index (χ4v) is 8.25. The van der Waals surface area contributed by atoms with Gasteiger partial charge in [0.25, 0.3) is 0 Å². The lowest BCUT2D eigenvalue weighted by Gasteiger charge is -2.49. The summed E-state index contributed by atoms with van der Waals surface area (Å²) in [5, 5.41) is 0. The molecule has 6 aromatic rings. The van der Waals surface area contributed by atoms with Crippen molar-refractivity contribution in [3.63, 3.8) is 0 Å². The van der Waals surface area contributed by atoms with Crippen LogP contribution in [0.15, 0.2) is 133 Å². The fraction of sp³-hybridized carbons (Fsp3) is 0.217. The van der Waals surface area contributed by atoms with Crippen LogP contribution in [-0.2, 0) is 10.8 Å². The van der Waals surface area contributed by atoms with Gasteiger partial charge < -0.3 is 10.6 Å². The highest BCUT2D eigenvalue weighted by atomic mass is 15.2. The van der Waals surface area contributed by atoms with E-state index in [1.807, 2.05) is 0 Å². The third-order valence-electron chi connectivity index (χ3n) is 10.8. The van der Waals surface area contributed by atoms with Crippen molar-refractivity contribution in [2.45, 2.75) is 58.3 Å². The van der Waals surface area contributed by atoms with Gasteiger partial charge in [-0.2, -0.15) is 0 Å². The van der Waals surface area contributed by atoms with E-state index in [4.69, 9.17) is 0 Å². The van der Waals surface area contributed by atoms with Crippen molar-refractivity contribution in [1.82, 2.24) is 0 Å². The van der Waals surface area contributed by atoms with Gasteiger partial charge >= 0.3 is 0 Å². The zero-order valence-corrected chi connectivity index (χ0v) is 29.3. The second kappa shape index (κ2) is 12.0. The summed E-state index contributed by atoms with van der Waals surface area (Å²) in [7, 11) is 1.50. The molecule has 1 unspecified atom stereocenters. The third-order valence-corrected chi connectivity index (χ3v) is 10.8. The number of hydrogen-bond acceptors (Lipinski definition) is 2. The van der Waals surface area contributed by atoms with E-state index in [1.54, 1.807) is 0 Å². The Balaban J connectivity index is 0.00000179. The molecule has 48 heavy (non-hydrogen) atoms. The number of rotatable bonds is 4. The first-order valence-corrected chi connectivity index (χ1v) is 17.2. The second-order valence-corrected chi connectivity index (χ2v) is 14.3. The molecule has 2 N–H and O–H groups in total. The standard InChI is InChI=1S/C45H41N.CH5N/c1-29-15-13-16-32(27-29)34-18-8-10-20-36(34)35-19-9-7-17-33(35)30(2)31-25-26-42-40(28-31)45(5,6)39-23-14-22-38-43(39)46(42)41-24-12-11-21-37(41)44(38,3)4;1-2/h7-28,30H,1-6H3;2H2,1H3. The average molecular weight is 627 g/mol. The van der Waals surface area contributed by atoms with Crippen LogP contribution in [0, 0.1) is 6.92 Å². The largest absolute Gasteiger partial charge is 0.333 e. The Morgan fingerprint density at radius 2 is 1.08 bits per heavy atom. The fourth-order valence-electron chi connectivity index (χ4n) is 8.25. The summed E-state index contributed by atoms with van der Waals surface area (Å²) >= 11 is 0. The van der Waals surface area contributed by atoms with E-state index in [1.165, 1.54) is 85.3 Å². The van der Waals surface area contributed by atoms with Gasteiger partial charge in [0, 0.05) is 16.7 Å². The molecular weight excluding hydrogens is 581 g/mol. The van der Waals surface area contributed by atoms with Crippen molar-refractivity contribution >= 4 is 17.1 Å². The molecule has 8 rings (SSSR count). The quantitative estimate of drug-likeness (QED) is 0.211. The molecule has 2 heterocycles. The highest BCUT2D eigenvalue weighted by Crippen LogP contribution is 2.60. The molecule has 1 atom stereocenters. The number of para-hydroxylation sites is 2. The van der Waals surface area contributed by atoms with Gasteiger partial charge in [-0.15, -0.1) is 0 Å². The molecule has 2 nitrogen and oxygen atoms in total. The molecule has 2 aliphatic heterocycles. The molecule has 0 saturated carbocycles. The molecule has 0 radical (unpaired) electrons. The first-order chi connectivity index (χ1) is 23.2. The van der Waals surface area contributed by atoms with Crippen molar-refractivity contribution in [2.24, 2.45) is 5.73 Å². The molecule has 6 aromatic carbocycles. The molecule has 2 heteroatoms. The monoisotopic (exact) mass is 626 g/mol. The molecular formula is C46H46N2. The van der Waals surface area contributed by atoms with E-state index in [-0.39, 0.29) is 16.7 Å². The maximum atomic E-state index is 4.50. The van der Waals surface area contributed by atoms with Gasteiger partial charge in [0.05, 0.1) is 17.1 Å². The molecule has 2 aliphatic rings. The predicted molar refractivity (Wildman–Crippen MR) is 205 cm³/mol. The van der Waals surface area contributed by atoms with E-state index in [2.05, 4.69) is 186 Å². The smallest absolute Gasteiger partial charge is 0.0543 e. The van der Waals surface area contributed by atoms with Gasteiger partial charge in [0.1, 0.15) is 0 Å². The number of nitrogens with two attached hydrogens (primary N) is 1. The van der Waals surface area contributed by atoms with Crippen molar-refractivity contribution in [3.05, 3.63) is 172 Å². The van der Waals surface area contributed by atoms with Gasteiger partial charge in [-0.05, 0) is 81.7 Å². The summed E-state index contributed by atoms with van der Waals surface area (Å²) < 4.78 is 0. The van der Waals surface area contributed by atoms with Crippen LogP contribution >= 0.6 is 0 Å². The van der Waals surface area contributed by atoms with Gasteiger partial charge in [0.2, 0.25) is 0 Å². The van der Waals surface area contributed by atoms with Crippen LogP contribution in [0.4, 0.5) is 17.1 Å². The number of hydrogen-bond donors (Lipinski definition) is 1. The second-order valence-electron chi connectivity index (χ2n) is 14.3. The lowest BCUT2D eigenvalue weighted by atomic mass is 9.66. The van der Waals surface area contributed by atoms with E-state index >= 15 is 0 Å². The maximum absolute atomic E-state index is 4.50. The Morgan fingerprint density at radius 1 is 0.521 bits per heavy atom. The first-order valence-electron chi connectivity index (χ1n) is 17.2. The minimum Gasteiger partial charge on any atom is -0.333 e. The summed E-state index contributed by atoms with van der Waals surface area (Å²) in [6, 6.07) is 49.9. The normalized spacial score (nSPS) is 15.3.